The molecule has 1 unspecified atom stereocenters. The molecule has 0 saturated heterocycles. The Hall–Kier alpha value is -2.98. The second kappa shape index (κ2) is 9.01. The molecular formula is C23H27NO5. The fraction of sp³-hybridized carbons (Fsp3) is 0.435. The number of carbonyl (C=O) groups excluding carboxylic acids is 2. The molecular weight excluding hydrogens is 370 g/mol. The third-order valence-electron chi connectivity index (χ3n) is 5.09. The van der Waals surface area contributed by atoms with Crippen molar-refractivity contribution in [3.05, 3.63) is 52.9 Å². The molecule has 0 amide bonds. The van der Waals surface area contributed by atoms with Crippen LogP contribution in [-0.4, -0.2) is 37.1 Å². The molecule has 1 saturated carbocycles. The van der Waals surface area contributed by atoms with Crippen molar-refractivity contribution in [2.75, 3.05) is 20.3 Å². The molecule has 6 nitrogen and oxygen atoms in total. The molecule has 0 aromatic heterocycles. The van der Waals surface area contributed by atoms with E-state index in [1.54, 1.807) is 19.3 Å². The summed E-state index contributed by atoms with van der Waals surface area (Å²) in [7, 11) is 1.61. The maximum Gasteiger partial charge on any atom is 0.303 e. The Morgan fingerprint density at radius 3 is 2.45 bits per heavy atom. The Balaban J connectivity index is 1.86. The second-order valence-electron chi connectivity index (χ2n) is 7.50. The molecule has 1 atom stereocenters. The molecule has 0 N–H and O–H groups in total. The lowest BCUT2D eigenvalue weighted by molar-refractivity contribution is -0.147. The van der Waals surface area contributed by atoms with E-state index in [0.717, 1.165) is 17.0 Å². The molecule has 29 heavy (non-hydrogen) atoms. The van der Waals surface area contributed by atoms with E-state index in [1.807, 2.05) is 42.9 Å². The van der Waals surface area contributed by atoms with Crippen molar-refractivity contribution in [2.45, 2.75) is 39.7 Å². The van der Waals surface area contributed by atoms with E-state index in [9.17, 15) is 9.59 Å². The minimum Gasteiger partial charge on any atom is -0.493 e. The quantitative estimate of drug-likeness (QED) is 0.489. The van der Waals surface area contributed by atoms with Gasteiger partial charge in [0.05, 0.1) is 25.8 Å². The first kappa shape index (κ1) is 20.7. The van der Waals surface area contributed by atoms with Crippen LogP contribution in [-0.2, 0) is 14.3 Å². The van der Waals surface area contributed by atoms with E-state index < -0.39 is 6.10 Å². The molecule has 1 aromatic rings. The monoisotopic (exact) mass is 397 g/mol. The van der Waals surface area contributed by atoms with Crippen molar-refractivity contribution in [3.63, 3.8) is 0 Å². The number of methoxy groups -OCH3 is 1. The van der Waals surface area contributed by atoms with Gasteiger partial charge >= 0.3 is 5.97 Å². The van der Waals surface area contributed by atoms with Gasteiger partial charge in [-0.25, -0.2) is 4.79 Å². The minimum absolute atomic E-state index is 0.361. The third-order valence-corrected chi connectivity index (χ3v) is 5.09. The zero-order valence-corrected chi connectivity index (χ0v) is 17.4. The molecule has 1 heterocycles. The first-order valence-corrected chi connectivity index (χ1v) is 9.78. The first-order chi connectivity index (χ1) is 13.9. The number of rotatable bonds is 8. The molecule has 1 aliphatic carbocycles. The van der Waals surface area contributed by atoms with Crippen LogP contribution in [0.2, 0.25) is 0 Å². The molecule has 1 aliphatic heterocycles. The third kappa shape index (κ3) is 5.30. The molecule has 0 radical (unpaired) electrons. The Morgan fingerprint density at radius 2 is 1.90 bits per heavy atom. The van der Waals surface area contributed by atoms with Gasteiger partial charge in [0.25, 0.3) is 0 Å². The van der Waals surface area contributed by atoms with Gasteiger partial charge in [0.1, 0.15) is 12.0 Å². The van der Waals surface area contributed by atoms with Crippen LogP contribution < -0.4 is 9.47 Å². The van der Waals surface area contributed by atoms with Crippen molar-refractivity contribution in [1.29, 1.82) is 0 Å². The number of ether oxygens (including phenoxy) is 3. The zero-order chi connectivity index (χ0) is 21.0. The van der Waals surface area contributed by atoms with Crippen LogP contribution in [0.4, 0.5) is 0 Å². The molecule has 154 valence electrons. The maximum absolute atomic E-state index is 11.8. The maximum atomic E-state index is 11.8. The van der Waals surface area contributed by atoms with E-state index in [-0.39, 0.29) is 5.97 Å². The Bertz CT molecular complexity index is 869. The number of carbonyl (C=O) groups is 1. The Morgan fingerprint density at radius 1 is 1.21 bits per heavy atom. The lowest BCUT2D eigenvalue weighted by Crippen LogP contribution is -2.29. The summed E-state index contributed by atoms with van der Waals surface area (Å²) in [6.45, 7) is 6.31. The van der Waals surface area contributed by atoms with Gasteiger partial charge in [-0.3, -0.25) is 4.79 Å². The highest BCUT2D eigenvalue weighted by Gasteiger charge is 2.25. The lowest BCUT2D eigenvalue weighted by atomic mass is 10.0. The number of benzene rings is 1. The predicted octanol–water partition coefficient (Wildman–Crippen LogP) is 3.97. The van der Waals surface area contributed by atoms with Gasteiger partial charge in [0.2, 0.25) is 0 Å². The second-order valence-corrected chi connectivity index (χ2v) is 7.50. The summed E-state index contributed by atoms with van der Waals surface area (Å²) in [5.41, 5.74) is 3.10. The van der Waals surface area contributed by atoms with Crippen molar-refractivity contribution < 1.29 is 23.8 Å². The van der Waals surface area contributed by atoms with Gasteiger partial charge < -0.3 is 19.1 Å². The fourth-order valence-electron chi connectivity index (χ4n) is 3.35. The summed E-state index contributed by atoms with van der Waals surface area (Å²) >= 11 is 0. The van der Waals surface area contributed by atoms with Gasteiger partial charge in [0.15, 0.2) is 11.5 Å². The molecule has 0 bridgehead atoms. The number of esters is 1. The number of hydrogen-bond acceptors (Lipinski definition) is 6. The lowest BCUT2D eigenvalue weighted by Gasteiger charge is -2.32. The van der Waals surface area contributed by atoms with E-state index in [1.165, 1.54) is 19.8 Å². The number of nitrogens with zero attached hydrogens (tertiary/aromatic N) is 1. The van der Waals surface area contributed by atoms with Gasteiger partial charge in [-0.05, 0) is 62.5 Å². The topological polar surface area (TPSA) is 65.1 Å². The van der Waals surface area contributed by atoms with Crippen LogP contribution in [0.15, 0.2) is 47.3 Å². The predicted molar refractivity (Wildman–Crippen MR) is 109 cm³/mol. The highest BCUT2D eigenvalue weighted by Crippen LogP contribution is 2.36. The van der Waals surface area contributed by atoms with Crippen LogP contribution in [0.25, 0.3) is 0 Å². The summed E-state index contributed by atoms with van der Waals surface area (Å²) in [5, 5.41) is 0. The SMILES string of the molecule is COc1ccc(C(CN2C(C)=CC(=C=O)C=C2C)OC(C)=O)cc1OCC1CC1. The van der Waals surface area contributed by atoms with Crippen LogP contribution in [0.1, 0.15) is 45.3 Å². The highest BCUT2D eigenvalue weighted by atomic mass is 16.5. The molecule has 2 aliphatic rings. The number of allylic oxidation sites excluding steroid dienone is 5. The van der Waals surface area contributed by atoms with Gasteiger partial charge in [0, 0.05) is 18.3 Å². The fourth-order valence-corrected chi connectivity index (χ4v) is 3.35. The zero-order valence-electron chi connectivity index (χ0n) is 17.4. The van der Waals surface area contributed by atoms with Crippen LogP contribution in [0.5, 0.6) is 11.5 Å². The number of hydrogen-bond donors (Lipinski definition) is 0. The first-order valence-electron chi connectivity index (χ1n) is 9.78. The minimum atomic E-state index is -0.504. The van der Waals surface area contributed by atoms with Crippen LogP contribution in [0, 0.1) is 5.92 Å². The van der Waals surface area contributed by atoms with Gasteiger partial charge in [-0.1, -0.05) is 6.07 Å². The van der Waals surface area contributed by atoms with Gasteiger partial charge in [-0.15, -0.1) is 0 Å². The van der Waals surface area contributed by atoms with E-state index >= 15 is 0 Å². The van der Waals surface area contributed by atoms with Crippen LogP contribution in [0.3, 0.4) is 0 Å². The summed E-state index contributed by atoms with van der Waals surface area (Å²) in [4.78, 5) is 24.8. The van der Waals surface area contributed by atoms with Crippen molar-refractivity contribution in [2.24, 2.45) is 5.92 Å². The molecule has 1 aromatic carbocycles. The molecule has 0 spiro atoms. The smallest absolute Gasteiger partial charge is 0.303 e. The molecule has 1 fully saturated rings. The van der Waals surface area contributed by atoms with E-state index in [0.29, 0.717) is 36.1 Å². The summed E-state index contributed by atoms with van der Waals surface area (Å²) < 4.78 is 17.0. The van der Waals surface area contributed by atoms with Gasteiger partial charge in [-0.2, -0.15) is 0 Å². The summed E-state index contributed by atoms with van der Waals surface area (Å²) in [5.74, 6) is 3.48. The summed E-state index contributed by atoms with van der Waals surface area (Å²) in [6.07, 6.45) is 5.42. The molecule has 6 heteroatoms. The molecule has 3 rings (SSSR count). The van der Waals surface area contributed by atoms with Crippen LogP contribution >= 0.6 is 0 Å². The Labute approximate surface area is 171 Å². The highest BCUT2D eigenvalue weighted by molar-refractivity contribution is 5.66. The average Bonchev–Trinajstić information content (AvgIpc) is 3.52. The van der Waals surface area contributed by atoms with Crippen molar-refractivity contribution in [1.82, 2.24) is 4.90 Å². The average molecular weight is 397 g/mol. The van der Waals surface area contributed by atoms with Crippen molar-refractivity contribution in [3.8, 4) is 11.5 Å². The Kier molecular flexibility index (Phi) is 6.45. The van der Waals surface area contributed by atoms with E-state index in [4.69, 9.17) is 14.2 Å². The van der Waals surface area contributed by atoms with Crippen molar-refractivity contribution >= 4 is 11.9 Å². The van der Waals surface area contributed by atoms with E-state index in [2.05, 4.69) is 0 Å². The standard InChI is InChI=1S/C23H27NO5/c1-15-9-19(13-25)10-16(2)24(15)12-23(29-17(3)26)20-7-8-21(27-4)22(11-20)28-14-18-5-6-18/h7-11,18,23H,5-6,12,14H2,1-4H3. The summed E-state index contributed by atoms with van der Waals surface area (Å²) in [6, 6.07) is 5.60. The normalized spacial score (nSPS) is 17.1. The largest absolute Gasteiger partial charge is 0.493 e.